The predicted molar refractivity (Wildman–Crippen MR) is 102 cm³/mol. The van der Waals surface area contributed by atoms with Crippen molar-refractivity contribution in [2.45, 2.75) is 110 Å². The summed E-state index contributed by atoms with van der Waals surface area (Å²) in [6.07, 6.45) is 19.9. The zero-order valence-corrected chi connectivity index (χ0v) is 18.9. The molecule has 0 atom stereocenters. The van der Waals surface area contributed by atoms with Gasteiger partial charge in [-0.05, 0) is 12.8 Å². The fourth-order valence-electron chi connectivity index (χ4n) is 2.64. The topological polar surface area (TPSA) is 40.1 Å². The average Bonchev–Trinajstić information content (AvgIpc) is 2.51. The van der Waals surface area contributed by atoms with Gasteiger partial charge in [0.15, 0.2) is 0 Å². The van der Waals surface area contributed by atoms with Crippen LogP contribution in [0.5, 0.6) is 0 Å². The van der Waals surface area contributed by atoms with Gasteiger partial charge in [-0.1, -0.05) is 96.8 Å². The van der Waals surface area contributed by atoms with Gasteiger partial charge < -0.3 is 9.90 Å². The third-order valence-electron chi connectivity index (χ3n) is 3.98. The van der Waals surface area contributed by atoms with Gasteiger partial charge in [0.1, 0.15) is 0 Å². The van der Waals surface area contributed by atoms with Crippen LogP contribution in [0.1, 0.15) is 110 Å². The molecule has 0 aliphatic heterocycles. The molecular weight excluding hydrogens is 467 g/mol. The van der Waals surface area contributed by atoms with E-state index in [0.717, 1.165) is 24.0 Å². The van der Waals surface area contributed by atoms with Crippen molar-refractivity contribution in [3.8, 4) is 0 Å². The van der Waals surface area contributed by atoms with Gasteiger partial charge in [-0.25, -0.2) is 0 Å². The molecule has 0 saturated carbocycles. The molecule has 0 aromatic heterocycles. The van der Waals surface area contributed by atoms with Crippen molar-refractivity contribution < 1.29 is 21.0 Å². The van der Waals surface area contributed by atoms with Crippen LogP contribution in [0.25, 0.3) is 0 Å². The maximum atomic E-state index is 10.2. The molecule has 0 aliphatic carbocycles. The molecule has 0 bridgehead atoms. The molecule has 0 aliphatic rings. The summed E-state index contributed by atoms with van der Waals surface area (Å²) in [6, 6.07) is 0. The Bertz CT molecular complexity index is 229. The molecule has 0 fully saturated rings. The summed E-state index contributed by atoms with van der Waals surface area (Å²) in [7, 11) is 0. The number of carbonyl (C=O) groups is 1. The van der Waals surface area contributed by atoms with E-state index in [9.17, 15) is 9.90 Å². The summed E-state index contributed by atoms with van der Waals surface area (Å²) >= 11 is 7.12. The zero-order valence-electron chi connectivity index (χ0n) is 14.7. The van der Waals surface area contributed by atoms with Crippen LogP contribution in [0.15, 0.2) is 0 Å². The van der Waals surface area contributed by atoms with E-state index in [1.165, 1.54) is 83.5 Å². The van der Waals surface area contributed by atoms with E-state index in [1.807, 2.05) is 0 Å². The van der Waals surface area contributed by atoms with Gasteiger partial charge in [0, 0.05) is 5.97 Å². The van der Waals surface area contributed by atoms with Gasteiger partial charge in [-0.2, -0.15) is 0 Å². The summed E-state index contributed by atoms with van der Waals surface area (Å²) in [4.78, 5) is 10.2. The van der Waals surface area contributed by atoms with Crippen molar-refractivity contribution >= 4 is 34.3 Å². The Morgan fingerprint density at radius 1 is 0.696 bits per heavy atom. The monoisotopic (exact) mass is 500 g/mol. The van der Waals surface area contributed by atoms with Crippen LogP contribution in [-0.4, -0.2) is 5.97 Å². The van der Waals surface area contributed by atoms with Crippen LogP contribution in [0.3, 0.4) is 0 Å². The first-order valence-electron chi connectivity index (χ1n) is 9.22. The van der Waals surface area contributed by atoms with E-state index < -0.39 is 5.97 Å². The van der Waals surface area contributed by atoms with Crippen LogP contribution in [0, 0.1) is 0 Å². The number of carboxylic acid groups (broad SMARTS) is 1. The van der Waals surface area contributed by atoms with Crippen molar-refractivity contribution in [1.82, 2.24) is 0 Å². The zero-order chi connectivity index (χ0) is 17.6. The number of hydrogen-bond donors (Lipinski definition) is 0. The van der Waals surface area contributed by atoms with Gasteiger partial charge in [-0.3, -0.25) is 0 Å². The molecule has 5 heteroatoms. The fourth-order valence-corrected chi connectivity index (χ4v) is 2.64. The minimum absolute atomic E-state index is 0.234. The number of carbonyl (C=O) groups excluding carboxylic acids is 1. The first kappa shape index (κ1) is 26.2. The van der Waals surface area contributed by atoms with Gasteiger partial charge in [0.25, 0.3) is 0 Å². The van der Waals surface area contributed by atoms with Crippen molar-refractivity contribution in [3.63, 3.8) is 0 Å². The molecule has 0 radical (unpaired) electrons. The molecular formula is C18H35Br2CoO2. The molecule has 0 amide bonds. The number of unbranched alkanes of at least 4 members (excludes halogenated alkanes) is 14. The Labute approximate surface area is 164 Å². The molecule has 0 saturated heterocycles. The fraction of sp³-hybridized carbons (Fsp3) is 0.944. The van der Waals surface area contributed by atoms with Gasteiger partial charge in [0.05, 0.1) is 0 Å². The molecule has 0 unspecified atom stereocenters. The summed E-state index contributed by atoms with van der Waals surface area (Å²) < 4.78 is 0. The summed E-state index contributed by atoms with van der Waals surface area (Å²) in [6.45, 7) is 2.27. The SMILES string of the molecule is CCCCCCCCCCCCCCCCCC(=O)[O-].[Br][Co+][Br]. The Morgan fingerprint density at radius 2 is 0.957 bits per heavy atom. The normalized spacial score (nSPS) is 10.4. The Morgan fingerprint density at radius 3 is 1.22 bits per heavy atom. The summed E-state index contributed by atoms with van der Waals surface area (Å²) in [5.41, 5.74) is 0. The van der Waals surface area contributed by atoms with E-state index in [2.05, 4.69) is 35.3 Å². The second kappa shape index (κ2) is 25.2. The summed E-state index contributed by atoms with van der Waals surface area (Å²) in [5, 5.41) is 10.2. The van der Waals surface area contributed by atoms with E-state index in [1.54, 1.807) is 0 Å². The van der Waals surface area contributed by atoms with E-state index in [0.29, 0.717) is 0 Å². The Balaban J connectivity index is 0. The number of carboxylic acids is 1. The van der Waals surface area contributed by atoms with Crippen molar-refractivity contribution in [2.75, 3.05) is 0 Å². The Hall–Kier alpha value is 0.936. The van der Waals surface area contributed by atoms with Crippen molar-refractivity contribution in [3.05, 3.63) is 0 Å². The van der Waals surface area contributed by atoms with Gasteiger partial charge in [-0.15, -0.1) is 0 Å². The van der Waals surface area contributed by atoms with Crippen LogP contribution < -0.4 is 5.11 Å². The molecule has 0 rings (SSSR count). The second-order valence-electron chi connectivity index (χ2n) is 6.12. The standard InChI is InChI=1S/C18H36O2.2BrH.Co/c1-2-3-4-5-6-7-8-9-10-11-12-13-14-15-16-17-18(19)20;;;/h2-17H2,1H3,(H,19,20);2*1H;/q;;;+3/p-3. The third-order valence-corrected chi connectivity index (χ3v) is 3.98. The Kier molecular flexibility index (Phi) is 28.6. The van der Waals surface area contributed by atoms with Gasteiger partial charge >= 0.3 is 39.5 Å². The molecule has 142 valence electrons. The van der Waals surface area contributed by atoms with Crippen LogP contribution in [0.4, 0.5) is 0 Å². The predicted octanol–water partition coefficient (Wildman–Crippen LogP) is 6.69. The molecule has 0 spiro atoms. The molecule has 0 aromatic rings. The first-order valence-corrected chi connectivity index (χ1v) is 14.4. The molecule has 0 aromatic carbocycles. The van der Waals surface area contributed by atoms with Crippen LogP contribution >= 0.6 is 28.3 Å². The third kappa shape index (κ3) is 31.3. The molecule has 0 heterocycles. The van der Waals surface area contributed by atoms with E-state index >= 15 is 0 Å². The van der Waals surface area contributed by atoms with E-state index in [-0.39, 0.29) is 6.42 Å². The van der Waals surface area contributed by atoms with Crippen LogP contribution in [0.2, 0.25) is 0 Å². The molecule has 0 N–H and O–H groups in total. The average molecular weight is 502 g/mol. The number of halogens is 2. The second-order valence-corrected chi connectivity index (χ2v) is 11.4. The number of aliphatic carboxylic acids is 1. The molecule has 23 heavy (non-hydrogen) atoms. The summed E-state index contributed by atoms with van der Waals surface area (Å²) in [5.74, 6) is -0.903. The number of hydrogen-bond acceptors (Lipinski definition) is 2. The van der Waals surface area contributed by atoms with Crippen molar-refractivity contribution in [1.29, 1.82) is 0 Å². The quantitative estimate of drug-likeness (QED) is 0.221. The van der Waals surface area contributed by atoms with Crippen LogP contribution in [-0.2, 0) is 15.9 Å². The van der Waals surface area contributed by atoms with Gasteiger partial charge in [0.2, 0.25) is 0 Å². The first-order chi connectivity index (χ1) is 11.2. The van der Waals surface area contributed by atoms with E-state index in [4.69, 9.17) is 0 Å². The van der Waals surface area contributed by atoms with Crippen molar-refractivity contribution in [2.24, 2.45) is 0 Å². The molecule has 2 nitrogen and oxygen atoms in total. The minimum atomic E-state index is -0.903. The number of rotatable bonds is 16. The maximum absolute atomic E-state index is 10.2.